The zero-order valence-corrected chi connectivity index (χ0v) is 6.20. The number of methoxy groups -OCH3 is 1. The summed E-state index contributed by atoms with van der Waals surface area (Å²) < 4.78 is 4.34. The van der Waals surface area contributed by atoms with Crippen molar-refractivity contribution in [1.82, 2.24) is 0 Å². The van der Waals surface area contributed by atoms with Gasteiger partial charge in [0.25, 0.3) is 0 Å². The molecule has 0 fully saturated rings. The summed E-state index contributed by atoms with van der Waals surface area (Å²) in [6.07, 6.45) is -0.604. The van der Waals surface area contributed by atoms with Crippen molar-refractivity contribution in [1.29, 1.82) is 0 Å². The minimum atomic E-state index is -0.668. The minimum Gasteiger partial charge on any atom is -0.469 e. The lowest BCUT2D eigenvalue weighted by Crippen LogP contribution is -2.34. The molecule has 0 heterocycles. The Balaban J connectivity index is 3.57. The second kappa shape index (κ2) is 4.24. The van der Waals surface area contributed by atoms with Crippen molar-refractivity contribution in [3.8, 4) is 0 Å². The van der Waals surface area contributed by atoms with Crippen molar-refractivity contribution >= 4 is 5.97 Å². The first-order valence-corrected chi connectivity index (χ1v) is 3.08. The van der Waals surface area contributed by atoms with E-state index >= 15 is 0 Å². The van der Waals surface area contributed by atoms with Crippen LogP contribution in [0.2, 0.25) is 0 Å². The molecule has 4 nitrogen and oxygen atoms in total. The van der Waals surface area contributed by atoms with E-state index in [2.05, 4.69) is 4.74 Å². The van der Waals surface area contributed by atoms with Gasteiger partial charge in [-0.25, -0.2) is 0 Å². The standard InChI is InChI=1S/C6H13NO3/c1-4(8)5(7)3-6(9)10-2/h4-5,8H,3,7H2,1-2H3. The van der Waals surface area contributed by atoms with Crippen LogP contribution in [0.4, 0.5) is 0 Å². The summed E-state index contributed by atoms with van der Waals surface area (Å²) in [6, 6.07) is -0.521. The molecule has 0 saturated heterocycles. The molecule has 0 aliphatic rings. The molecule has 60 valence electrons. The molecule has 0 aliphatic heterocycles. The Kier molecular flexibility index (Phi) is 3.99. The van der Waals surface area contributed by atoms with E-state index in [9.17, 15) is 4.79 Å². The monoisotopic (exact) mass is 147 g/mol. The molecule has 0 aromatic carbocycles. The summed E-state index contributed by atoms with van der Waals surface area (Å²) in [5.41, 5.74) is 5.34. The summed E-state index contributed by atoms with van der Waals surface area (Å²) in [6.45, 7) is 1.54. The Morgan fingerprint density at radius 3 is 2.60 bits per heavy atom. The average molecular weight is 147 g/mol. The molecule has 3 N–H and O–H groups in total. The minimum absolute atomic E-state index is 0.0637. The molecule has 2 unspecified atom stereocenters. The van der Waals surface area contributed by atoms with Gasteiger partial charge in [-0.15, -0.1) is 0 Å². The Morgan fingerprint density at radius 2 is 2.30 bits per heavy atom. The Morgan fingerprint density at radius 1 is 1.80 bits per heavy atom. The number of hydrogen-bond donors (Lipinski definition) is 2. The highest BCUT2D eigenvalue weighted by atomic mass is 16.5. The van der Waals surface area contributed by atoms with Crippen molar-refractivity contribution in [2.24, 2.45) is 5.73 Å². The average Bonchev–Trinajstić information content (AvgIpc) is 1.87. The molecular weight excluding hydrogens is 134 g/mol. The number of rotatable bonds is 3. The molecule has 4 heteroatoms. The number of carbonyl (C=O) groups is 1. The van der Waals surface area contributed by atoms with Crippen LogP contribution >= 0.6 is 0 Å². The fraction of sp³-hybridized carbons (Fsp3) is 0.833. The number of esters is 1. The van der Waals surface area contributed by atoms with Gasteiger partial charge < -0.3 is 15.6 Å². The van der Waals surface area contributed by atoms with Crippen LogP contribution in [0.15, 0.2) is 0 Å². The highest BCUT2D eigenvalue weighted by Crippen LogP contribution is 1.95. The Labute approximate surface area is 60.0 Å². The quantitative estimate of drug-likeness (QED) is 0.515. The number of hydrogen-bond acceptors (Lipinski definition) is 4. The van der Waals surface area contributed by atoms with Crippen LogP contribution in [0, 0.1) is 0 Å². The third kappa shape index (κ3) is 3.42. The third-order valence-electron chi connectivity index (χ3n) is 1.25. The molecule has 0 aliphatic carbocycles. The molecule has 0 aromatic rings. The van der Waals surface area contributed by atoms with E-state index in [0.717, 1.165) is 0 Å². The lowest BCUT2D eigenvalue weighted by molar-refractivity contribution is -0.141. The smallest absolute Gasteiger partial charge is 0.307 e. The van der Waals surface area contributed by atoms with Crippen LogP contribution in [0.25, 0.3) is 0 Å². The van der Waals surface area contributed by atoms with Gasteiger partial charge in [0.1, 0.15) is 0 Å². The van der Waals surface area contributed by atoms with Crippen LogP contribution < -0.4 is 5.73 Å². The zero-order valence-electron chi connectivity index (χ0n) is 6.20. The Bertz CT molecular complexity index is 114. The first-order chi connectivity index (χ1) is 4.57. The first kappa shape index (κ1) is 9.39. The van der Waals surface area contributed by atoms with Crippen LogP contribution in [0.5, 0.6) is 0 Å². The van der Waals surface area contributed by atoms with E-state index < -0.39 is 18.1 Å². The van der Waals surface area contributed by atoms with Gasteiger partial charge in [-0.05, 0) is 6.92 Å². The first-order valence-electron chi connectivity index (χ1n) is 3.08. The van der Waals surface area contributed by atoms with Crippen LogP contribution in [0.1, 0.15) is 13.3 Å². The van der Waals surface area contributed by atoms with Gasteiger partial charge in [0.15, 0.2) is 0 Å². The van der Waals surface area contributed by atoms with Crippen LogP contribution in [-0.2, 0) is 9.53 Å². The molecule has 0 spiro atoms. The molecule has 0 saturated carbocycles. The lowest BCUT2D eigenvalue weighted by atomic mass is 10.1. The topological polar surface area (TPSA) is 72.5 Å². The van der Waals surface area contributed by atoms with E-state index in [1.54, 1.807) is 0 Å². The fourth-order valence-corrected chi connectivity index (χ4v) is 0.446. The van der Waals surface area contributed by atoms with E-state index in [1.165, 1.54) is 14.0 Å². The highest BCUT2D eigenvalue weighted by Gasteiger charge is 2.13. The lowest BCUT2D eigenvalue weighted by Gasteiger charge is -2.11. The van der Waals surface area contributed by atoms with Gasteiger partial charge in [0.2, 0.25) is 0 Å². The van der Waals surface area contributed by atoms with Crippen molar-refractivity contribution in [2.45, 2.75) is 25.5 Å². The third-order valence-corrected chi connectivity index (χ3v) is 1.25. The molecular formula is C6H13NO3. The maximum absolute atomic E-state index is 10.5. The summed E-state index contributed by atoms with van der Waals surface area (Å²) in [5.74, 6) is -0.395. The van der Waals surface area contributed by atoms with Crippen LogP contribution in [-0.4, -0.2) is 30.3 Å². The molecule has 0 bridgehead atoms. The van der Waals surface area contributed by atoms with Crippen molar-refractivity contribution in [2.75, 3.05) is 7.11 Å². The molecule has 0 rings (SSSR count). The number of nitrogens with two attached hydrogens (primary N) is 1. The maximum atomic E-state index is 10.5. The fourth-order valence-electron chi connectivity index (χ4n) is 0.446. The maximum Gasteiger partial charge on any atom is 0.307 e. The molecule has 0 amide bonds. The predicted molar refractivity (Wildman–Crippen MR) is 36.3 cm³/mol. The summed E-state index contributed by atoms with van der Waals surface area (Å²) in [7, 11) is 1.29. The molecule has 10 heavy (non-hydrogen) atoms. The molecule has 0 aromatic heterocycles. The van der Waals surface area contributed by atoms with Gasteiger partial charge in [0, 0.05) is 6.04 Å². The van der Waals surface area contributed by atoms with E-state index in [4.69, 9.17) is 10.8 Å². The number of aliphatic hydroxyl groups excluding tert-OH is 1. The largest absolute Gasteiger partial charge is 0.469 e. The van der Waals surface area contributed by atoms with Crippen molar-refractivity contribution in [3.63, 3.8) is 0 Å². The van der Waals surface area contributed by atoms with E-state index in [1.807, 2.05) is 0 Å². The summed E-state index contributed by atoms with van der Waals surface area (Å²) in [5, 5.41) is 8.83. The SMILES string of the molecule is COC(=O)CC(N)C(C)O. The van der Waals surface area contributed by atoms with Gasteiger partial charge in [0.05, 0.1) is 19.6 Å². The highest BCUT2D eigenvalue weighted by molar-refractivity contribution is 5.69. The number of ether oxygens (including phenoxy) is 1. The van der Waals surface area contributed by atoms with E-state index in [0.29, 0.717) is 0 Å². The zero-order chi connectivity index (χ0) is 8.15. The molecule has 2 atom stereocenters. The summed E-state index contributed by atoms with van der Waals surface area (Å²) >= 11 is 0. The van der Waals surface area contributed by atoms with Gasteiger partial charge in [-0.1, -0.05) is 0 Å². The predicted octanol–water partition coefficient (Wildman–Crippen LogP) is -0.742. The van der Waals surface area contributed by atoms with Crippen LogP contribution in [0.3, 0.4) is 0 Å². The molecule has 0 radical (unpaired) electrons. The van der Waals surface area contributed by atoms with Gasteiger partial charge in [-0.3, -0.25) is 4.79 Å². The summed E-state index contributed by atoms with van der Waals surface area (Å²) in [4.78, 5) is 10.5. The van der Waals surface area contributed by atoms with Crippen molar-refractivity contribution < 1.29 is 14.6 Å². The Hall–Kier alpha value is -0.610. The van der Waals surface area contributed by atoms with E-state index in [-0.39, 0.29) is 6.42 Å². The second-order valence-electron chi connectivity index (χ2n) is 2.18. The normalized spacial score (nSPS) is 16.0. The van der Waals surface area contributed by atoms with Gasteiger partial charge >= 0.3 is 5.97 Å². The second-order valence-corrected chi connectivity index (χ2v) is 2.18. The number of aliphatic hydroxyl groups is 1. The van der Waals surface area contributed by atoms with Gasteiger partial charge in [-0.2, -0.15) is 0 Å². The number of carbonyl (C=O) groups excluding carboxylic acids is 1. The van der Waals surface area contributed by atoms with Crippen molar-refractivity contribution in [3.05, 3.63) is 0 Å².